The number of ether oxygens (including phenoxy) is 3. The van der Waals surface area contributed by atoms with Gasteiger partial charge in [0.2, 0.25) is 0 Å². The molecule has 0 unspecified atom stereocenters. The quantitative estimate of drug-likeness (QED) is 0.879. The molecule has 0 amide bonds. The maximum atomic E-state index is 10.9. The Bertz CT molecular complexity index is 864. The molecule has 1 fully saturated rings. The van der Waals surface area contributed by atoms with Gasteiger partial charge in [0.05, 0.1) is 18.9 Å². The zero-order valence-electron chi connectivity index (χ0n) is 16.1. The Morgan fingerprint density at radius 1 is 1.04 bits per heavy atom. The van der Waals surface area contributed by atoms with Crippen molar-refractivity contribution in [1.29, 1.82) is 0 Å². The van der Waals surface area contributed by atoms with Gasteiger partial charge in [0.15, 0.2) is 11.5 Å². The maximum Gasteiger partial charge on any atom is 0.184 e. The van der Waals surface area contributed by atoms with Crippen LogP contribution in [0.5, 0.6) is 17.2 Å². The van der Waals surface area contributed by atoms with Gasteiger partial charge in [-0.15, -0.1) is 0 Å². The first-order valence-corrected chi connectivity index (χ1v) is 9.97. The van der Waals surface area contributed by atoms with E-state index >= 15 is 0 Å². The molecule has 0 spiro atoms. The van der Waals surface area contributed by atoms with E-state index in [-0.39, 0.29) is 6.04 Å². The number of anilines is 1. The molecule has 0 radical (unpaired) electrons. The van der Waals surface area contributed by atoms with E-state index < -0.39 is 6.10 Å². The fraction of sp³-hybridized carbons (Fsp3) is 0.455. The summed E-state index contributed by atoms with van der Waals surface area (Å²) in [5, 5.41) is 10.9. The molecule has 1 saturated heterocycles. The van der Waals surface area contributed by atoms with Crippen LogP contribution in [-0.4, -0.2) is 62.6 Å². The van der Waals surface area contributed by atoms with Crippen LogP contribution >= 0.6 is 0 Å². The third-order valence-electron chi connectivity index (χ3n) is 6.13. The maximum absolute atomic E-state index is 10.9. The van der Waals surface area contributed by atoms with Crippen LogP contribution in [0.4, 0.5) is 5.69 Å². The molecule has 1 aliphatic carbocycles. The SMILES string of the molecule is COc1ccc2c(c1)C[C@@H](N1CCN(c3cccc4c3OCCO4)CC1)[C@H]2O. The molecule has 28 heavy (non-hydrogen) atoms. The van der Waals surface area contributed by atoms with E-state index in [1.54, 1.807) is 7.11 Å². The molecule has 2 aromatic rings. The average Bonchev–Trinajstić information content (AvgIpc) is 3.09. The molecule has 148 valence electrons. The fourth-order valence-corrected chi connectivity index (χ4v) is 4.65. The van der Waals surface area contributed by atoms with Gasteiger partial charge in [0.1, 0.15) is 19.0 Å². The van der Waals surface area contributed by atoms with E-state index in [2.05, 4.69) is 21.9 Å². The van der Waals surface area contributed by atoms with Crippen molar-refractivity contribution in [3.63, 3.8) is 0 Å². The lowest BCUT2D eigenvalue weighted by Crippen LogP contribution is -2.51. The van der Waals surface area contributed by atoms with Gasteiger partial charge in [-0.3, -0.25) is 4.90 Å². The number of nitrogens with zero attached hydrogens (tertiary/aromatic N) is 2. The first-order chi connectivity index (χ1) is 13.7. The van der Waals surface area contributed by atoms with Gasteiger partial charge < -0.3 is 24.2 Å². The minimum absolute atomic E-state index is 0.133. The smallest absolute Gasteiger partial charge is 0.184 e. The summed E-state index contributed by atoms with van der Waals surface area (Å²) >= 11 is 0. The summed E-state index contributed by atoms with van der Waals surface area (Å²) in [6, 6.07) is 12.2. The molecule has 2 atom stereocenters. The van der Waals surface area contributed by atoms with Crippen LogP contribution in [-0.2, 0) is 6.42 Å². The fourth-order valence-electron chi connectivity index (χ4n) is 4.65. The van der Waals surface area contributed by atoms with E-state index in [0.717, 1.165) is 61.1 Å². The number of benzene rings is 2. The Hall–Kier alpha value is -2.44. The summed E-state index contributed by atoms with van der Waals surface area (Å²) in [7, 11) is 1.68. The molecule has 1 N–H and O–H groups in total. The van der Waals surface area contributed by atoms with Crippen molar-refractivity contribution in [2.45, 2.75) is 18.6 Å². The van der Waals surface area contributed by atoms with Crippen LogP contribution in [0.25, 0.3) is 0 Å². The highest BCUT2D eigenvalue weighted by Crippen LogP contribution is 2.41. The summed E-state index contributed by atoms with van der Waals surface area (Å²) in [5.41, 5.74) is 3.34. The highest BCUT2D eigenvalue weighted by Gasteiger charge is 2.37. The Labute approximate surface area is 165 Å². The van der Waals surface area contributed by atoms with E-state index in [9.17, 15) is 5.11 Å². The predicted octanol–water partition coefficient (Wildman–Crippen LogP) is 2.25. The van der Waals surface area contributed by atoms with Gasteiger partial charge in [-0.1, -0.05) is 12.1 Å². The number of fused-ring (bicyclic) bond motifs is 2. The van der Waals surface area contributed by atoms with E-state index in [1.807, 2.05) is 24.3 Å². The monoisotopic (exact) mass is 382 g/mol. The standard InChI is InChI=1S/C22H26N2O4/c1-26-16-5-6-17-15(13-16)14-19(21(17)25)24-9-7-23(8-10-24)18-3-2-4-20-22(18)28-12-11-27-20/h2-6,13,19,21,25H,7-12,14H2,1H3/t19-,21+/m1/s1. The molecule has 6 nitrogen and oxygen atoms in total. The minimum Gasteiger partial charge on any atom is -0.497 e. The second-order valence-corrected chi connectivity index (χ2v) is 7.61. The predicted molar refractivity (Wildman–Crippen MR) is 107 cm³/mol. The lowest BCUT2D eigenvalue weighted by molar-refractivity contribution is 0.0571. The Kier molecular flexibility index (Phi) is 4.53. The van der Waals surface area contributed by atoms with Crippen molar-refractivity contribution in [2.24, 2.45) is 0 Å². The highest BCUT2D eigenvalue weighted by atomic mass is 16.6. The van der Waals surface area contributed by atoms with E-state index in [1.165, 1.54) is 5.56 Å². The second kappa shape index (κ2) is 7.18. The van der Waals surface area contributed by atoms with Gasteiger partial charge in [-0.25, -0.2) is 0 Å². The van der Waals surface area contributed by atoms with Crippen LogP contribution in [0.15, 0.2) is 36.4 Å². The van der Waals surface area contributed by atoms with Crippen molar-refractivity contribution in [3.8, 4) is 17.2 Å². The van der Waals surface area contributed by atoms with Crippen molar-refractivity contribution < 1.29 is 19.3 Å². The zero-order chi connectivity index (χ0) is 19.1. The van der Waals surface area contributed by atoms with Crippen LogP contribution < -0.4 is 19.1 Å². The molecule has 0 bridgehead atoms. The summed E-state index contributed by atoms with van der Waals surface area (Å²) in [6.45, 7) is 4.84. The van der Waals surface area contributed by atoms with Crippen LogP contribution in [0.3, 0.4) is 0 Å². The van der Waals surface area contributed by atoms with E-state index in [0.29, 0.717) is 13.2 Å². The summed E-state index contributed by atoms with van der Waals surface area (Å²) < 4.78 is 16.9. The third-order valence-corrected chi connectivity index (χ3v) is 6.13. The minimum atomic E-state index is -0.436. The van der Waals surface area contributed by atoms with Gasteiger partial charge in [-0.2, -0.15) is 0 Å². The summed E-state index contributed by atoms with van der Waals surface area (Å²) in [6.07, 6.45) is 0.430. The Balaban J connectivity index is 1.28. The average molecular weight is 382 g/mol. The molecule has 0 aromatic heterocycles. The molecule has 0 saturated carbocycles. The molecule has 3 aliphatic rings. The molecule has 2 aromatic carbocycles. The first kappa shape index (κ1) is 17.6. The Morgan fingerprint density at radius 2 is 1.86 bits per heavy atom. The zero-order valence-corrected chi connectivity index (χ0v) is 16.1. The van der Waals surface area contributed by atoms with Crippen molar-refractivity contribution in [3.05, 3.63) is 47.5 Å². The van der Waals surface area contributed by atoms with Gasteiger partial charge in [0, 0.05) is 32.2 Å². The second-order valence-electron chi connectivity index (χ2n) is 7.61. The highest BCUT2D eigenvalue weighted by molar-refractivity contribution is 5.65. The number of hydrogen-bond donors (Lipinski definition) is 1. The summed E-state index contributed by atoms with van der Waals surface area (Å²) in [4.78, 5) is 4.78. The van der Waals surface area contributed by atoms with Crippen molar-refractivity contribution >= 4 is 5.69 Å². The summed E-state index contributed by atoms with van der Waals surface area (Å²) in [5.74, 6) is 2.55. The third kappa shape index (κ3) is 2.97. The lowest BCUT2D eigenvalue weighted by Gasteiger charge is -2.40. The number of methoxy groups -OCH3 is 1. The molecule has 5 rings (SSSR count). The largest absolute Gasteiger partial charge is 0.497 e. The first-order valence-electron chi connectivity index (χ1n) is 9.97. The number of aliphatic hydroxyl groups is 1. The molecular formula is C22H26N2O4. The molecular weight excluding hydrogens is 356 g/mol. The van der Waals surface area contributed by atoms with Crippen molar-refractivity contribution in [2.75, 3.05) is 51.4 Å². The van der Waals surface area contributed by atoms with Gasteiger partial charge >= 0.3 is 0 Å². The topological polar surface area (TPSA) is 54.4 Å². The van der Waals surface area contributed by atoms with E-state index in [4.69, 9.17) is 14.2 Å². The van der Waals surface area contributed by atoms with Crippen LogP contribution in [0.1, 0.15) is 17.2 Å². The van der Waals surface area contributed by atoms with Gasteiger partial charge in [-0.05, 0) is 41.8 Å². The lowest BCUT2D eigenvalue weighted by atomic mass is 10.1. The molecule has 2 aliphatic heterocycles. The molecule has 2 heterocycles. The Morgan fingerprint density at radius 3 is 2.68 bits per heavy atom. The normalized spacial score (nSPS) is 24.1. The number of rotatable bonds is 3. The van der Waals surface area contributed by atoms with Gasteiger partial charge in [0.25, 0.3) is 0 Å². The number of aliphatic hydroxyl groups excluding tert-OH is 1. The number of hydrogen-bond acceptors (Lipinski definition) is 6. The number of piperazine rings is 1. The van der Waals surface area contributed by atoms with Crippen LogP contribution in [0.2, 0.25) is 0 Å². The number of para-hydroxylation sites is 1. The van der Waals surface area contributed by atoms with Crippen molar-refractivity contribution in [1.82, 2.24) is 4.90 Å². The van der Waals surface area contributed by atoms with Crippen LogP contribution in [0, 0.1) is 0 Å². The molecule has 6 heteroatoms.